The monoisotopic (exact) mass is 412 g/mol. The van der Waals surface area contributed by atoms with E-state index in [9.17, 15) is 0 Å². The molecule has 0 aliphatic carbocycles. The van der Waals surface area contributed by atoms with Crippen LogP contribution in [0.1, 0.15) is 6.92 Å². The fourth-order valence-corrected chi connectivity index (χ4v) is 8.40. The van der Waals surface area contributed by atoms with Crippen molar-refractivity contribution in [3.63, 3.8) is 0 Å². The summed E-state index contributed by atoms with van der Waals surface area (Å²) in [6.07, 6.45) is 0.589. The van der Waals surface area contributed by atoms with Crippen LogP contribution in [-0.2, 0) is 0 Å². The highest BCUT2D eigenvalue weighted by molar-refractivity contribution is 8.16. The highest BCUT2D eigenvalue weighted by atomic mass is 32.2. The molecule has 0 N–H and O–H groups in total. The Balaban J connectivity index is 1.39. The van der Waals surface area contributed by atoms with Crippen LogP contribution in [0.5, 0.6) is 0 Å². The lowest BCUT2D eigenvalue weighted by molar-refractivity contribution is 0.0644. The van der Waals surface area contributed by atoms with Crippen LogP contribution >= 0.6 is 58.8 Å². The van der Waals surface area contributed by atoms with Gasteiger partial charge in [0, 0.05) is 71.6 Å². The van der Waals surface area contributed by atoms with Crippen molar-refractivity contribution in [3.05, 3.63) is 0 Å². The second-order valence-corrected chi connectivity index (χ2v) is 11.6. The van der Waals surface area contributed by atoms with Crippen molar-refractivity contribution in [2.75, 3.05) is 71.6 Å². The third-order valence-corrected chi connectivity index (χ3v) is 10.3. The van der Waals surface area contributed by atoms with Gasteiger partial charge in [-0.25, -0.2) is 0 Å². The molecule has 3 aliphatic rings. The largest absolute Gasteiger partial charge is 0.284 e. The van der Waals surface area contributed by atoms with E-state index in [1.807, 2.05) is 0 Å². The van der Waals surface area contributed by atoms with Crippen molar-refractivity contribution < 1.29 is 0 Å². The lowest BCUT2D eigenvalue weighted by Crippen LogP contribution is -2.53. The SMILES string of the molecule is CC1N(CCN2CSCSC2)CSCN1CCN1CSCSC1. The lowest BCUT2D eigenvalue weighted by Gasteiger charge is -2.43. The van der Waals surface area contributed by atoms with Gasteiger partial charge in [-0.1, -0.05) is 0 Å². The summed E-state index contributed by atoms with van der Waals surface area (Å²) in [6.45, 7) is 7.26. The van der Waals surface area contributed by atoms with Crippen molar-refractivity contribution in [1.82, 2.24) is 19.6 Å². The highest BCUT2D eigenvalue weighted by Gasteiger charge is 2.26. The minimum absolute atomic E-state index is 0.589. The molecule has 3 fully saturated rings. The number of hydrogen-bond donors (Lipinski definition) is 0. The number of rotatable bonds is 6. The van der Waals surface area contributed by atoms with Crippen LogP contribution in [0.25, 0.3) is 0 Å². The highest BCUT2D eigenvalue weighted by Crippen LogP contribution is 2.25. The number of nitrogens with zero attached hydrogens (tertiary/aromatic N) is 4. The fourth-order valence-electron chi connectivity index (χ4n) is 2.88. The zero-order chi connectivity index (χ0) is 15.9. The van der Waals surface area contributed by atoms with Crippen LogP contribution in [0.4, 0.5) is 0 Å². The van der Waals surface area contributed by atoms with E-state index in [-0.39, 0.29) is 0 Å². The lowest BCUT2D eigenvalue weighted by atomic mass is 10.3. The summed E-state index contributed by atoms with van der Waals surface area (Å²) in [6, 6.07) is 0. The molecule has 3 saturated heterocycles. The molecule has 4 nitrogen and oxygen atoms in total. The van der Waals surface area contributed by atoms with Crippen LogP contribution < -0.4 is 0 Å². The molecule has 0 unspecified atom stereocenters. The predicted octanol–water partition coefficient (Wildman–Crippen LogP) is 2.91. The summed E-state index contributed by atoms with van der Waals surface area (Å²) in [7, 11) is 0. The van der Waals surface area contributed by atoms with E-state index in [1.165, 1.54) is 71.6 Å². The second-order valence-electron chi connectivity index (χ2n) is 6.08. The van der Waals surface area contributed by atoms with Crippen molar-refractivity contribution in [2.45, 2.75) is 13.1 Å². The molecule has 0 amide bonds. The van der Waals surface area contributed by atoms with E-state index in [0.29, 0.717) is 6.17 Å². The van der Waals surface area contributed by atoms with Gasteiger partial charge >= 0.3 is 0 Å². The maximum absolute atomic E-state index is 2.66. The minimum atomic E-state index is 0.589. The van der Waals surface area contributed by atoms with Crippen LogP contribution in [0.15, 0.2) is 0 Å². The molecule has 3 heterocycles. The molecule has 0 aromatic carbocycles. The Labute approximate surface area is 162 Å². The molecule has 0 aromatic rings. The van der Waals surface area contributed by atoms with Crippen LogP contribution in [0.3, 0.4) is 0 Å². The Hall–Kier alpha value is 1.59. The molecule has 3 rings (SSSR count). The van der Waals surface area contributed by atoms with Crippen LogP contribution in [0.2, 0.25) is 0 Å². The van der Waals surface area contributed by atoms with E-state index in [4.69, 9.17) is 0 Å². The molecule has 23 heavy (non-hydrogen) atoms. The van der Waals surface area contributed by atoms with E-state index in [0.717, 1.165) is 0 Å². The first-order valence-corrected chi connectivity index (χ1v) is 13.9. The third-order valence-electron chi connectivity index (χ3n) is 4.41. The molecule has 0 aromatic heterocycles. The maximum atomic E-state index is 2.66. The van der Waals surface area contributed by atoms with E-state index in [2.05, 4.69) is 85.3 Å². The second kappa shape index (κ2) is 10.7. The van der Waals surface area contributed by atoms with Crippen molar-refractivity contribution in [3.8, 4) is 0 Å². The average molecular weight is 413 g/mol. The first-order valence-electron chi connectivity index (χ1n) is 8.14. The number of hydrogen-bond acceptors (Lipinski definition) is 9. The molecule has 0 bridgehead atoms. The zero-order valence-corrected chi connectivity index (χ0v) is 18.0. The van der Waals surface area contributed by atoms with Crippen molar-refractivity contribution in [1.29, 1.82) is 0 Å². The van der Waals surface area contributed by atoms with Crippen LogP contribution in [-0.4, -0.2) is 97.4 Å². The molecular weight excluding hydrogens is 385 g/mol. The molecule has 134 valence electrons. The molecule has 0 saturated carbocycles. The summed E-state index contributed by atoms with van der Waals surface area (Å²) >= 11 is 10.3. The summed E-state index contributed by atoms with van der Waals surface area (Å²) < 4.78 is 0. The molecule has 9 heteroatoms. The van der Waals surface area contributed by atoms with Gasteiger partial charge < -0.3 is 0 Å². The van der Waals surface area contributed by atoms with Gasteiger partial charge in [0.05, 0.1) is 6.17 Å². The molecule has 0 radical (unpaired) electrons. The normalized spacial score (nSPS) is 27.5. The van der Waals surface area contributed by atoms with Gasteiger partial charge in [-0.2, -0.15) is 0 Å². The maximum Gasteiger partial charge on any atom is 0.0609 e. The van der Waals surface area contributed by atoms with Crippen LogP contribution in [0, 0.1) is 0 Å². The van der Waals surface area contributed by atoms with Gasteiger partial charge in [0.15, 0.2) is 0 Å². The quantitative estimate of drug-likeness (QED) is 0.647. The Kier molecular flexibility index (Phi) is 8.98. The Morgan fingerprint density at radius 2 is 1.04 bits per heavy atom. The predicted molar refractivity (Wildman–Crippen MR) is 113 cm³/mol. The average Bonchev–Trinajstić information content (AvgIpc) is 2.61. The Morgan fingerprint density at radius 3 is 1.48 bits per heavy atom. The molecule has 0 spiro atoms. The summed E-state index contributed by atoms with van der Waals surface area (Å²) in [4.78, 5) is 10.5. The third kappa shape index (κ3) is 6.36. The van der Waals surface area contributed by atoms with Crippen molar-refractivity contribution >= 4 is 58.8 Å². The number of thioether (sulfide) groups is 5. The summed E-state index contributed by atoms with van der Waals surface area (Å²) in [5.74, 6) is 7.27. The first-order chi connectivity index (χ1) is 11.3. The van der Waals surface area contributed by atoms with Crippen molar-refractivity contribution in [2.24, 2.45) is 0 Å². The van der Waals surface area contributed by atoms with E-state index < -0.39 is 0 Å². The molecular formula is C14H28N4S5. The zero-order valence-electron chi connectivity index (χ0n) is 13.9. The topological polar surface area (TPSA) is 13.0 Å². The van der Waals surface area contributed by atoms with Gasteiger partial charge in [0.1, 0.15) is 0 Å². The Morgan fingerprint density at radius 1 is 0.609 bits per heavy atom. The van der Waals surface area contributed by atoms with Gasteiger partial charge in [0.2, 0.25) is 0 Å². The van der Waals surface area contributed by atoms with E-state index in [1.54, 1.807) is 0 Å². The Bertz CT molecular complexity index is 309. The van der Waals surface area contributed by atoms with Gasteiger partial charge in [-0.05, 0) is 6.92 Å². The molecule has 0 atom stereocenters. The summed E-state index contributed by atoms with van der Waals surface area (Å²) in [5, 5.41) is 2.54. The standard InChI is InChI=1S/C14H28N4S5/c1-14-17(4-2-15-6-20-12-21-7-15)10-19-11-18(14)5-3-16-8-22-13-23-9-16/h14H,2-13H2,1H3. The van der Waals surface area contributed by atoms with Gasteiger partial charge in [0.25, 0.3) is 0 Å². The van der Waals surface area contributed by atoms with Gasteiger partial charge in [-0.3, -0.25) is 19.6 Å². The fraction of sp³-hybridized carbons (Fsp3) is 1.00. The first kappa shape index (κ1) is 19.4. The van der Waals surface area contributed by atoms with Gasteiger partial charge in [-0.15, -0.1) is 58.8 Å². The minimum Gasteiger partial charge on any atom is -0.284 e. The summed E-state index contributed by atoms with van der Waals surface area (Å²) in [5.41, 5.74) is 0. The molecule has 3 aliphatic heterocycles. The van der Waals surface area contributed by atoms with E-state index >= 15 is 0 Å². The smallest absolute Gasteiger partial charge is 0.0609 e.